The summed E-state index contributed by atoms with van der Waals surface area (Å²) in [4.78, 5) is 24.8. The molecule has 1 aromatic rings. The Labute approximate surface area is 119 Å². The fraction of sp³-hybridized carbons (Fsp3) is 0.467. The molecule has 1 amide bonds. The van der Waals surface area contributed by atoms with E-state index < -0.39 is 5.97 Å². The maximum absolute atomic E-state index is 12.4. The molecule has 0 saturated heterocycles. The number of carbonyl (C=O) groups excluding carboxylic acids is 1. The lowest BCUT2D eigenvalue weighted by Crippen LogP contribution is -2.39. The first-order valence-electron chi connectivity index (χ1n) is 6.60. The maximum Gasteiger partial charge on any atom is 0.305 e. The summed E-state index contributed by atoms with van der Waals surface area (Å²) in [5.41, 5.74) is 1.47. The largest absolute Gasteiger partial charge is 0.481 e. The Kier molecular flexibility index (Phi) is 6.18. The molecule has 1 rings (SSSR count). The Morgan fingerprint density at radius 1 is 1.40 bits per heavy atom. The predicted octanol–water partition coefficient (Wildman–Crippen LogP) is 2.16. The van der Waals surface area contributed by atoms with Crippen LogP contribution in [-0.4, -0.2) is 41.6 Å². The van der Waals surface area contributed by atoms with E-state index in [9.17, 15) is 9.59 Å². The first-order valence-corrected chi connectivity index (χ1v) is 6.60. The highest BCUT2D eigenvalue weighted by atomic mass is 16.5. The minimum absolute atomic E-state index is 0.0582. The van der Waals surface area contributed by atoms with Gasteiger partial charge in [0.05, 0.1) is 13.0 Å². The van der Waals surface area contributed by atoms with Gasteiger partial charge in [0.1, 0.15) is 0 Å². The van der Waals surface area contributed by atoms with Crippen LogP contribution in [0.4, 0.5) is 0 Å². The van der Waals surface area contributed by atoms with Gasteiger partial charge in [-0.3, -0.25) is 9.59 Å². The fourth-order valence-electron chi connectivity index (χ4n) is 2.14. The predicted molar refractivity (Wildman–Crippen MR) is 75.6 cm³/mol. The van der Waals surface area contributed by atoms with Crippen molar-refractivity contribution < 1.29 is 19.4 Å². The average molecular weight is 279 g/mol. The smallest absolute Gasteiger partial charge is 0.305 e. The molecule has 20 heavy (non-hydrogen) atoms. The quantitative estimate of drug-likeness (QED) is 0.830. The number of methoxy groups -OCH3 is 1. The summed E-state index contributed by atoms with van der Waals surface area (Å²) in [6.07, 6.45) is -0.0582. The molecule has 0 fully saturated rings. The van der Waals surface area contributed by atoms with Crippen molar-refractivity contribution in [3.8, 4) is 0 Å². The zero-order chi connectivity index (χ0) is 15.1. The van der Waals surface area contributed by atoms with Crippen LogP contribution in [0.1, 0.15) is 36.2 Å². The topological polar surface area (TPSA) is 66.8 Å². The van der Waals surface area contributed by atoms with Crippen molar-refractivity contribution in [1.29, 1.82) is 0 Å². The van der Waals surface area contributed by atoms with E-state index >= 15 is 0 Å². The highest BCUT2D eigenvalue weighted by molar-refractivity contribution is 5.94. The molecule has 0 aliphatic heterocycles. The van der Waals surface area contributed by atoms with E-state index in [1.165, 1.54) is 0 Å². The SMILES string of the molecule is CCN(C(=O)c1cccc(COC)c1)C(C)CC(=O)O. The third-order valence-electron chi connectivity index (χ3n) is 3.09. The number of benzene rings is 1. The van der Waals surface area contributed by atoms with E-state index in [-0.39, 0.29) is 18.4 Å². The number of aliphatic carboxylic acids is 1. The lowest BCUT2D eigenvalue weighted by atomic mass is 10.1. The molecule has 1 atom stereocenters. The van der Waals surface area contributed by atoms with Crippen LogP contribution in [0.15, 0.2) is 24.3 Å². The van der Waals surface area contributed by atoms with Gasteiger partial charge in [0.15, 0.2) is 0 Å². The van der Waals surface area contributed by atoms with Gasteiger partial charge in [-0.15, -0.1) is 0 Å². The monoisotopic (exact) mass is 279 g/mol. The van der Waals surface area contributed by atoms with E-state index in [0.29, 0.717) is 18.7 Å². The molecule has 1 aromatic carbocycles. The molecule has 1 N–H and O–H groups in total. The highest BCUT2D eigenvalue weighted by Gasteiger charge is 2.22. The van der Waals surface area contributed by atoms with Crippen molar-refractivity contribution in [2.45, 2.75) is 32.9 Å². The van der Waals surface area contributed by atoms with Crippen molar-refractivity contribution in [1.82, 2.24) is 4.90 Å². The molecule has 0 heterocycles. The average Bonchev–Trinajstić information content (AvgIpc) is 2.39. The van der Waals surface area contributed by atoms with Crippen LogP contribution in [0.2, 0.25) is 0 Å². The standard InChI is InChI=1S/C15H21NO4/c1-4-16(11(2)8-14(17)18)15(19)13-7-5-6-12(9-13)10-20-3/h5-7,9,11H,4,8,10H2,1-3H3,(H,17,18). The lowest BCUT2D eigenvalue weighted by molar-refractivity contribution is -0.138. The molecule has 5 nitrogen and oxygen atoms in total. The number of carboxylic acid groups (broad SMARTS) is 1. The van der Waals surface area contributed by atoms with Gasteiger partial charge in [0.2, 0.25) is 0 Å². The number of carboxylic acids is 1. The molecule has 5 heteroatoms. The Morgan fingerprint density at radius 3 is 2.65 bits per heavy atom. The van der Waals surface area contributed by atoms with Crippen LogP contribution < -0.4 is 0 Å². The van der Waals surface area contributed by atoms with E-state index in [1.807, 2.05) is 13.0 Å². The van der Waals surface area contributed by atoms with Crippen molar-refractivity contribution in [2.75, 3.05) is 13.7 Å². The van der Waals surface area contributed by atoms with Crippen molar-refractivity contribution >= 4 is 11.9 Å². The van der Waals surface area contributed by atoms with Crippen molar-refractivity contribution in [3.63, 3.8) is 0 Å². The Bertz CT molecular complexity index is 473. The molecule has 0 aliphatic rings. The number of ether oxygens (including phenoxy) is 1. The molecule has 0 aliphatic carbocycles. The van der Waals surface area contributed by atoms with Crippen LogP contribution in [-0.2, 0) is 16.1 Å². The number of carbonyl (C=O) groups is 2. The molecule has 0 saturated carbocycles. The lowest BCUT2D eigenvalue weighted by Gasteiger charge is -2.27. The van der Waals surface area contributed by atoms with Gasteiger partial charge < -0.3 is 14.7 Å². The highest BCUT2D eigenvalue weighted by Crippen LogP contribution is 2.13. The second-order valence-corrected chi connectivity index (χ2v) is 4.67. The summed E-state index contributed by atoms with van der Waals surface area (Å²) in [7, 11) is 1.60. The zero-order valence-electron chi connectivity index (χ0n) is 12.1. The van der Waals surface area contributed by atoms with Gasteiger partial charge in [-0.25, -0.2) is 0 Å². The zero-order valence-corrected chi connectivity index (χ0v) is 12.1. The summed E-state index contributed by atoms with van der Waals surface area (Å²) >= 11 is 0. The van der Waals surface area contributed by atoms with Crippen LogP contribution in [0.5, 0.6) is 0 Å². The maximum atomic E-state index is 12.4. The van der Waals surface area contributed by atoms with Gasteiger partial charge in [-0.1, -0.05) is 12.1 Å². The molecule has 0 radical (unpaired) electrons. The number of nitrogens with zero attached hydrogens (tertiary/aromatic N) is 1. The summed E-state index contributed by atoms with van der Waals surface area (Å²) in [6.45, 7) is 4.50. The molecular weight excluding hydrogens is 258 g/mol. The first-order chi connectivity index (χ1) is 9.49. The first kappa shape index (κ1) is 16.2. The van der Waals surface area contributed by atoms with E-state index in [1.54, 1.807) is 37.1 Å². The third-order valence-corrected chi connectivity index (χ3v) is 3.09. The minimum atomic E-state index is -0.906. The molecular formula is C15H21NO4. The molecule has 0 spiro atoms. The third kappa shape index (κ3) is 4.35. The summed E-state index contributed by atoms with van der Waals surface area (Å²) in [5, 5.41) is 8.84. The summed E-state index contributed by atoms with van der Waals surface area (Å²) in [6, 6.07) is 6.87. The van der Waals surface area contributed by atoms with Crippen LogP contribution >= 0.6 is 0 Å². The van der Waals surface area contributed by atoms with Gasteiger partial charge in [-0.2, -0.15) is 0 Å². The van der Waals surface area contributed by atoms with E-state index in [0.717, 1.165) is 5.56 Å². The number of hydrogen-bond donors (Lipinski definition) is 1. The Hall–Kier alpha value is -1.88. The van der Waals surface area contributed by atoms with Crippen molar-refractivity contribution in [2.24, 2.45) is 0 Å². The van der Waals surface area contributed by atoms with Crippen molar-refractivity contribution in [3.05, 3.63) is 35.4 Å². The molecule has 110 valence electrons. The Morgan fingerprint density at radius 2 is 2.10 bits per heavy atom. The number of amides is 1. The van der Waals surface area contributed by atoms with E-state index in [4.69, 9.17) is 9.84 Å². The number of rotatable bonds is 7. The summed E-state index contributed by atoms with van der Waals surface area (Å²) in [5.74, 6) is -1.06. The fourth-order valence-corrected chi connectivity index (χ4v) is 2.14. The van der Waals surface area contributed by atoms with Gasteiger partial charge in [0, 0.05) is 25.3 Å². The normalized spacial score (nSPS) is 11.9. The van der Waals surface area contributed by atoms with Gasteiger partial charge >= 0.3 is 5.97 Å². The van der Waals surface area contributed by atoms with E-state index in [2.05, 4.69) is 0 Å². The second-order valence-electron chi connectivity index (χ2n) is 4.67. The van der Waals surface area contributed by atoms with Gasteiger partial charge in [-0.05, 0) is 31.5 Å². The van der Waals surface area contributed by atoms with Crippen LogP contribution in [0, 0.1) is 0 Å². The van der Waals surface area contributed by atoms with Crippen LogP contribution in [0.25, 0.3) is 0 Å². The molecule has 0 bridgehead atoms. The molecule has 0 aromatic heterocycles. The Balaban J connectivity index is 2.90. The summed E-state index contributed by atoms with van der Waals surface area (Å²) < 4.78 is 5.05. The molecule has 1 unspecified atom stereocenters. The van der Waals surface area contributed by atoms with Crippen LogP contribution in [0.3, 0.4) is 0 Å². The number of hydrogen-bond acceptors (Lipinski definition) is 3. The minimum Gasteiger partial charge on any atom is -0.481 e. The van der Waals surface area contributed by atoms with Gasteiger partial charge in [0.25, 0.3) is 5.91 Å². The second kappa shape index (κ2) is 7.65.